The summed E-state index contributed by atoms with van der Waals surface area (Å²) in [4.78, 5) is 42.8. The van der Waals surface area contributed by atoms with Crippen LogP contribution in [0.5, 0.6) is 0 Å². The van der Waals surface area contributed by atoms with Crippen LogP contribution in [0, 0.1) is 0 Å². The van der Waals surface area contributed by atoms with Crippen LogP contribution in [0.1, 0.15) is 23.7 Å². The fourth-order valence-corrected chi connectivity index (χ4v) is 5.24. The van der Waals surface area contributed by atoms with Crippen molar-refractivity contribution in [1.29, 1.82) is 0 Å². The van der Waals surface area contributed by atoms with Crippen molar-refractivity contribution in [3.05, 3.63) is 57.0 Å². The highest BCUT2D eigenvalue weighted by molar-refractivity contribution is 9.11. The maximum absolute atomic E-state index is 13.1. The molecular weight excluding hydrogens is 514 g/mol. The SMILES string of the molecule is CC(=O)c1ccc(N2CCN([C@H]3CC(=O)N(c4ccc(Br)cc4Br)C3=O)CC2)cc1. The van der Waals surface area contributed by atoms with Gasteiger partial charge in [0.25, 0.3) is 5.91 Å². The summed E-state index contributed by atoms with van der Waals surface area (Å²) >= 11 is 6.86. The lowest BCUT2D eigenvalue weighted by Crippen LogP contribution is -2.52. The molecule has 0 aromatic heterocycles. The molecule has 2 saturated heterocycles. The Morgan fingerprint density at radius 3 is 2.23 bits per heavy atom. The summed E-state index contributed by atoms with van der Waals surface area (Å²) in [5, 5.41) is 0. The fourth-order valence-electron chi connectivity index (χ4n) is 4.02. The van der Waals surface area contributed by atoms with E-state index in [1.807, 2.05) is 36.4 Å². The third kappa shape index (κ3) is 4.08. The summed E-state index contributed by atoms with van der Waals surface area (Å²) in [6.45, 7) is 4.49. The van der Waals surface area contributed by atoms with Gasteiger partial charge >= 0.3 is 0 Å². The molecule has 2 amide bonds. The van der Waals surface area contributed by atoms with Crippen LogP contribution in [-0.2, 0) is 9.59 Å². The minimum atomic E-state index is -0.421. The quantitative estimate of drug-likeness (QED) is 0.440. The van der Waals surface area contributed by atoms with E-state index in [2.05, 4.69) is 41.7 Å². The summed E-state index contributed by atoms with van der Waals surface area (Å²) in [7, 11) is 0. The number of nitrogens with zero attached hydrogens (tertiary/aromatic N) is 3. The fraction of sp³-hybridized carbons (Fsp3) is 0.318. The smallest absolute Gasteiger partial charge is 0.251 e. The third-order valence-electron chi connectivity index (χ3n) is 5.67. The van der Waals surface area contributed by atoms with Gasteiger partial charge in [0, 0.05) is 46.4 Å². The Morgan fingerprint density at radius 2 is 1.63 bits per heavy atom. The number of amides is 2. The van der Waals surface area contributed by atoms with Crippen LogP contribution in [0.4, 0.5) is 11.4 Å². The Hall–Kier alpha value is -2.03. The number of ketones is 1. The summed E-state index contributed by atoms with van der Waals surface area (Å²) < 4.78 is 1.58. The summed E-state index contributed by atoms with van der Waals surface area (Å²) in [6, 6.07) is 12.6. The highest BCUT2D eigenvalue weighted by Crippen LogP contribution is 2.34. The molecule has 2 heterocycles. The normalized spacial score (nSPS) is 20.2. The molecule has 0 unspecified atom stereocenters. The number of anilines is 2. The van der Waals surface area contributed by atoms with Gasteiger partial charge in [-0.25, -0.2) is 4.90 Å². The first-order valence-electron chi connectivity index (χ1n) is 9.77. The van der Waals surface area contributed by atoms with Crippen LogP contribution < -0.4 is 9.80 Å². The van der Waals surface area contributed by atoms with E-state index in [1.165, 1.54) is 4.90 Å². The molecule has 2 aromatic carbocycles. The zero-order valence-corrected chi connectivity index (χ0v) is 19.6. The van der Waals surface area contributed by atoms with Crippen LogP contribution in [0.2, 0.25) is 0 Å². The lowest BCUT2D eigenvalue weighted by Gasteiger charge is -2.38. The monoisotopic (exact) mass is 533 g/mol. The van der Waals surface area contributed by atoms with Crippen LogP contribution in [-0.4, -0.2) is 54.7 Å². The summed E-state index contributed by atoms with van der Waals surface area (Å²) in [5.74, 6) is -0.282. The van der Waals surface area contributed by atoms with Crippen molar-refractivity contribution in [2.24, 2.45) is 0 Å². The number of Topliss-reactive ketones (excluding diaryl/α,β-unsaturated/α-hetero) is 1. The van der Waals surface area contributed by atoms with Gasteiger partial charge in [-0.15, -0.1) is 0 Å². The molecule has 6 nitrogen and oxygen atoms in total. The maximum Gasteiger partial charge on any atom is 0.251 e. The zero-order chi connectivity index (χ0) is 21.4. The van der Waals surface area contributed by atoms with E-state index < -0.39 is 6.04 Å². The number of carbonyl (C=O) groups excluding carboxylic acids is 3. The molecule has 156 valence electrons. The molecule has 2 aliphatic heterocycles. The maximum atomic E-state index is 13.1. The minimum absolute atomic E-state index is 0.0535. The molecular formula is C22H21Br2N3O3. The lowest BCUT2D eigenvalue weighted by molar-refractivity contribution is -0.123. The standard InChI is InChI=1S/C22H21Br2N3O3/c1-14(28)15-2-5-17(6-3-15)25-8-10-26(11-9-25)20-13-21(29)27(22(20)30)19-7-4-16(23)12-18(19)24/h2-7,12,20H,8-11,13H2,1H3/t20-/m0/s1. The number of hydrogen-bond donors (Lipinski definition) is 0. The van der Waals surface area contributed by atoms with Gasteiger partial charge in [0.1, 0.15) is 0 Å². The van der Waals surface area contributed by atoms with Crippen molar-refractivity contribution in [2.45, 2.75) is 19.4 Å². The van der Waals surface area contributed by atoms with E-state index in [0.717, 1.165) is 23.2 Å². The van der Waals surface area contributed by atoms with Crippen LogP contribution in [0.3, 0.4) is 0 Å². The van der Waals surface area contributed by atoms with Crippen molar-refractivity contribution in [1.82, 2.24) is 4.90 Å². The number of hydrogen-bond acceptors (Lipinski definition) is 5. The highest BCUT2D eigenvalue weighted by atomic mass is 79.9. The molecule has 0 saturated carbocycles. The van der Waals surface area contributed by atoms with Crippen molar-refractivity contribution >= 4 is 60.8 Å². The molecule has 4 rings (SSSR count). The number of halogens is 2. The zero-order valence-electron chi connectivity index (χ0n) is 16.5. The van der Waals surface area contributed by atoms with E-state index >= 15 is 0 Å². The number of carbonyl (C=O) groups is 3. The topological polar surface area (TPSA) is 60.9 Å². The van der Waals surface area contributed by atoms with E-state index in [-0.39, 0.29) is 24.0 Å². The van der Waals surface area contributed by atoms with Gasteiger partial charge in [0.2, 0.25) is 5.91 Å². The molecule has 0 spiro atoms. The van der Waals surface area contributed by atoms with Crippen LogP contribution >= 0.6 is 31.9 Å². The second-order valence-electron chi connectivity index (χ2n) is 7.51. The summed E-state index contributed by atoms with van der Waals surface area (Å²) in [5.41, 5.74) is 2.35. The first kappa shape index (κ1) is 21.2. The highest BCUT2D eigenvalue weighted by Gasteiger charge is 2.43. The first-order chi connectivity index (χ1) is 14.3. The van der Waals surface area contributed by atoms with Crippen LogP contribution in [0.25, 0.3) is 0 Å². The predicted octanol–water partition coefficient (Wildman–Crippen LogP) is 3.87. The Kier molecular flexibility index (Phi) is 6.09. The minimum Gasteiger partial charge on any atom is -0.369 e. The molecule has 0 radical (unpaired) electrons. The van der Waals surface area contributed by atoms with E-state index in [4.69, 9.17) is 0 Å². The van der Waals surface area contributed by atoms with Gasteiger partial charge < -0.3 is 4.90 Å². The summed E-state index contributed by atoms with van der Waals surface area (Å²) in [6.07, 6.45) is 0.203. The molecule has 30 heavy (non-hydrogen) atoms. The van der Waals surface area contributed by atoms with Crippen molar-refractivity contribution in [3.63, 3.8) is 0 Å². The van der Waals surface area contributed by atoms with Crippen molar-refractivity contribution in [2.75, 3.05) is 36.0 Å². The number of piperazine rings is 1. The van der Waals surface area contributed by atoms with E-state index in [9.17, 15) is 14.4 Å². The Labute approximate surface area is 192 Å². The van der Waals surface area contributed by atoms with E-state index in [0.29, 0.717) is 28.8 Å². The van der Waals surface area contributed by atoms with Gasteiger partial charge in [-0.05, 0) is 65.3 Å². The Morgan fingerprint density at radius 1 is 0.967 bits per heavy atom. The van der Waals surface area contributed by atoms with Gasteiger partial charge in [-0.1, -0.05) is 15.9 Å². The van der Waals surface area contributed by atoms with Gasteiger partial charge in [0.05, 0.1) is 18.2 Å². The number of imide groups is 1. The first-order valence-corrected chi connectivity index (χ1v) is 11.4. The van der Waals surface area contributed by atoms with Crippen LogP contribution in [0.15, 0.2) is 51.4 Å². The molecule has 0 aliphatic carbocycles. The third-order valence-corrected chi connectivity index (χ3v) is 6.80. The molecule has 2 fully saturated rings. The number of rotatable bonds is 4. The second kappa shape index (κ2) is 8.61. The Balaban J connectivity index is 1.43. The Bertz CT molecular complexity index is 1000. The predicted molar refractivity (Wildman–Crippen MR) is 123 cm³/mol. The van der Waals surface area contributed by atoms with Gasteiger partial charge in [0.15, 0.2) is 5.78 Å². The van der Waals surface area contributed by atoms with E-state index in [1.54, 1.807) is 13.0 Å². The van der Waals surface area contributed by atoms with Gasteiger partial charge in [-0.3, -0.25) is 19.3 Å². The molecule has 1 atom stereocenters. The molecule has 2 aliphatic rings. The number of benzene rings is 2. The average molecular weight is 535 g/mol. The molecule has 0 N–H and O–H groups in total. The van der Waals surface area contributed by atoms with Crippen molar-refractivity contribution in [3.8, 4) is 0 Å². The van der Waals surface area contributed by atoms with Gasteiger partial charge in [-0.2, -0.15) is 0 Å². The molecule has 2 aromatic rings. The largest absolute Gasteiger partial charge is 0.369 e. The average Bonchev–Trinajstić information content (AvgIpc) is 3.02. The van der Waals surface area contributed by atoms with Crippen molar-refractivity contribution < 1.29 is 14.4 Å². The second-order valence-corrected chi connectivity index (χ2v) is 9.28. The molecule has 8 heteroatoms. The lowest BCUT2D eigenvalue weighted by atomic mass is 10.1. The molecule has 0 bridgehead atoms.